The lowest BCUT2D eigenvalue weighted by molar-refractivity contribution is -0.384. The molecule has 0 spiro atoms. The number of ether oxygens (including phenoxy) is 1. The van der Waals surface area contributed by atoms with Gasteiger partial charge in [-0.15, -0.1) is 0 Å². The number of benzene rings is 1. The van der Waals surface area contributed by atoms with E-state index in [2.05, 4.69) is 40.7 Å². The van der Waals surface area contributed by atoms with Crippen LogP contribution < -0.4 is 0 Å². The van der Waals surface area contributed by atoms with E-state index in [-0.39, 0.29) is 23.2 Å². The number of fused-ring (bicyclic) bond motifs is 5. The number of nitro groups is 1. The van der Waals surface area contributed by atoms with Gasteiger partial charge in [-0.05, 0) is 103 Å². The maximum atomic E-state index is 12.8. The van der Waals surface area contributed by atoms with E-state index < -0.39 is 4.92 Å². The second-order valence-corrected chi connectivity index (χ2v) is 14.4. The van der Waals surface area contributed by atoms with Gasteiger partial charge >= 0.3 is 5.97 Å². The Bertz CT molecular complexity index is 1090. The average molecular weight is 536 g/mol. The van der Waals surface area contributed by atoms with Crippen molar-refractivity contribution in [1.82, 2.24) is 0 Å². The summed E-state index contributed by atoms with van der Waals surface area (Å²) in [4.78, 5) is 23.3. The number of carbonyl (C=O) groups excluding carboxylic acids is 1. The zero-order valence-corrected chi connectivity index (χ0v) is 24.8. The normalized spacial score (nSPS) is 36.4. The van der Waals surface area contributed by atoms with Gasteiger partial charge in [0.25, 0.3) is 5.69 Å². The fourth-order valence-electron chi connectivity index (χ4n) is 9.69. The molecule has 3 fully saturated rings. The summed E-state index contributed by atoms with van der Waals surface area (Å²) in [7, 11) is 0. The van der Waals surface area contributed by atoms with Crippen molar-refractivity contribution in [2.75, 3.05) is 0 Å². The minimum atomic E-state index is -0.450. The minimum absolute atomic E-state index is 0.0142. The van der Waals surface area contributed by atoms with Crippen LogP contribution in [0, 0.1) is 56.5 Å². The summed E-state index contributed by atoms with van der Waals surface area (Å²) in [6.45, 7) is 12.4. The summed E-state index contributed by atoms with van der Waals surface area (Å²) in [6.07, 6.45) is 16.1. The van der Waals surface area contributed by atoms with E-state index in [1.807, 2.05) is 0 Å². The molecule has 3 saturated carbocycles. The van der Waals surface area contributed by atoms with Gasteiger partial charge in [0, 0.05) is 18.6 Å². The first-order valence-electron chi connectivity index (χ1n) is 15.7. The van der Waals surface area contributed by atoms with E-state index in [0.29, 0.717) is 11.0 Å². The van der Waals surface area contributed by atoms with Crippen LogP contribution in [0.1, 0.15) is 116 Å². The van der Waals surface area contributed by atoms with Crippen LogP contribution in [0.15, 0.2) is 35.9 Å². The quantitative estimate of drug-likeness (QED) is 0.144. The van der Waals surface area contributed by atoms with Gasteiger partial charge in [-0.3, -0.25) is 10.1 Å². The summed E-state index contributed by atoms with van der Waals surface area (Å²) < 4.78 is 5.93. The SMILES string of the molecule is CC(C)CCC[C@@H](C)[C@@H]1CC[C@@H]2[C@H]3CC=C4C[C@@H](OC(=O)c5ccc([N+](=O)[O-])cc5)CC[C@]4(C)[C@@H]3CC[C@@]21C. The van der Waals surface area contributed by atoms with Gasteiger partial charge in [-0.2, -0.15) is 0 Å². The molecule has 0 amide bonds. The predicted molar refractivity (Wildman–Crippen MR) is 155 cm³/mol. The monoisotopic (exact) mass is 535 g/mol. The highest BCUT2D eigenvalue weighted by atomic mass is 16.6. The number of nitro benzene ring substituents is 1. The lowest BCUT2D eigenvalue weighted by Crippen LogP contribution is -2.51. The summed E-state index contributed by atoms with van der Waals surface area (Å²) in [6, 6.07) is 5.73. The highest BCUT2D eigenvalue weighted by molar-refractivity contribution is 5.89. The lowest BCUT2D eigenvalue weighted by Gasteiger charge is -2.58. The molecule has 0 aromatic heterocycles. The summed E-state index contributed by atoms with van der Waals surface area (Å²) in [5.41, 5.74) is 2.60. The van der Waals surface area contributed by atoms with Crippen LogP contribution in [0.3, 0.4) is 0 Å². The van der Waals surface area contributed by atoms with Crippen LogP contribution in [-0.2, 0) is 4.74 Å². The molecule has 0 bridgehead atoms. The molecule has 1 aromatic carbocycles. The highest BCUT2D eigenvalue weighted by Gasteiger charge is 2.59. The first kappa shape index (κ1) is 28.4. The van der Waals surface area contributed by atoms with Crippen molar-refractivity contribution in [3.8, 4) is 0 Å². The van der Waals surface area contributed by atoms with E-state index in [1.165, 1.54) is 81.2 Å². The molecule has 1 aromatic rings. The molecular weight excluding hydrogens is 486 g/mol. The van der Waals surface area contributed by atoms with E-state index in [4.69, 9.17) is 4.74 Å². The molecule has 0 heterocycles. The Hall–Kier alpha value is -2.17. The van der Waals surface area contributed by atoms with Crippen molar-refractivity contribution in [3.63, 3.8) is 0 Å². The zero-order chi connectivity index (χ0) is 27.9. The Kier molecular flexibility index (Phi) is 8.01. The van der Waals surface area contributed by atoms with Crippen molar-refractivity contribution in [2.24, 2.45) is 46.3 Å². The number of esters is 1. The molecule has 0 saturated heterocycles. The van der Waals surface area contributed by atoms with Crippen LogP contribution in [0.4, 0.5) is 5.69 Å². The third-order valence-corrected chi connectivity index (χ3v) is 11.8. The molecule has 0 radical (unpaired) electrons. The molecule has 4 aliphatic carbocycles. The Balaban J connectivity index is 1.23. The van der Waals surface area contributed by atoms with Gasteiger partial charge in [0.15, 0.2) is 0 Å². The molecule has 8 atom stereocenters. The maximum absolute atomic E-state index is 12.8. The topological polar surface area (TPSA) is 69.4 Å². The molecular formula is C34H49NO4. The van der Waals surface area contributed by atoms with Gasteiger partial charge in [0.05, 0.1) is 10.5 Å². The molecule has 0 N–H and O–H groups in total. The largest absolute Gasteiger partial charge is 0.458 e. The Morgan fingerprint density at radius 2 is 1.77 bits per heavy atom. The average Bonchev–Trinajstić information content (AvgIpc) is 3.26. The van der Waals surface area contributed by atoms with E-state index >= 15 is 0 Å². The molecule has 4 aliphatic rings. The smallest absolute Gasteiger partial charge is 0.338 e. The van der Waals surface area contributed by atoms with Crippen molar-refractivity contribution >= 4 is 11.7 Å². The first-order valence-corrected chi connectivity index (χ1v) is 15.7. The molecule has 5 nitrogen and oxygen atoms in total. The number of hydrogen-bond donors (Lipinski definition) is 0. The number of nitrogens with zero attached hydrogens (tertiary/aromatic N) is 1. The van der Waals surface area contributed by atoms with E-state index in [9.17, 15) is 14.9 Å². The van der Waals surface area contributed by atoms with Gasteiger partial charge in [-0.25, -0.2) is 4.79 Å². The molecule has 5 heteroatoms. The van der Waals surface area contributed by atoms with Crippen molar-refractivity contribution in [1.29, 1.82) is 0 Å². The molecule has 0 unspecified atom stereocenters. The van der Waals surface area contributed by atoms with Crippen LogP contribution in [0.25, 0.3) is 0 Å². The number of non-ortho nitro benzene ring substituents is 1. The van der Waals surface area contributed by atoms with Crippen molar-refractivity contribution < 1.29 is 14.5 Å². The lowest BCUT2D eigenvalue weighted by atomic mass is 9.47. The Morgan fingerprint density at radius 3 is 2.46 bits per heavy atom. The van der Waals surface area contributed by atoms with Gasteiger partial charge in [0.2, 0.25) is 0 Å². The van der Waals surface area contributed by atoms with Crippen molar-refractivity contribution in [2.45, 2.75) is 111 Å². The standard InChI is InChI=1S/C34H49NO4/c1-22(2)7-6-8-23(3)29-15-16-30-28-14-11-25-21-27(17-19-33(25,4)31(28)18-20-34(29,30)5)39-32(36)24-9-12-26(13-10-24)35(37)38/h9-13,22-23,27-31H,6-8,14-21H2,1-5H3/t23-,27+,28-,29+,30-,31-,33+,34-/m1/s1. The third kappa shape index (κ3) is 5.32. The first-order chi connectivity index (χ1) is 18.5. The third-order valence-electron chi connectivity index (χ3n) is 11.8. The van der Waals surface area contributed by atoms with Crippen LogP contribution in [0.5, 0.6) is 0 Å². The minimum Gasteiger partial charge on any atom is -0.458 e. The molecule has 5 rings (SSSR count). The van der Waals surface area contributed by atoms with E-state index in [0.717, 1.165) is 54.8 Å². The maximum Gasteiger partial charge on any atom is 0.338 e. The van der Waals surface area contributed by atoms with Crippen LogP contribution in [-0.4, -0.2) is 17.0 Å². The zero-order valence-electron chi connectivity index (χ0n) is 24.8. The number of carbonyl (C=O) groups is 1. The van der Waals surface area contributed by atoms with Crippen LogP contribution in [0.2, 0.25) is 0 Å². The summed E-state index contributed by atoms with van der Waals surface area (Å²) >= 11 is 0. The Morgan fingerprint density at radius 1 is 1.03 bits per heavy atom. The number of rotatable bonds is 8. The second kappa shape index (κ2) is 11.0. The summed E-state index contributed by atoms with van der Waals surface area (Å²) in [5, 5.41) is 10.9. The van der Waals surface area contributed by atoms with Gasteiger partial charge in [-0.1, -0.05) is 65.5 Å². The van der Waals surface area contributed by atoms with Gasteiger partial charge in [0.1, 0.15) is 6.10 Å². The van der Waals surface area contributed by atoms with Crippen molar-refractivity contribution in [3.05, 3.63) is 51.6 Å². The fourth-order valence-corrected chi connectivity index (χ4v) is 9.69. The Labute approximate surface area is 235 Å². The molecule has 214 valence electrons. The fraction of sp³-hybridized carbons (Fsp3) is 0.735. The molecule has 39 heavy (non-hydrogen) atoms. The summed E-state index contributed by atoms with van der Waals surface area (Å²) in [5.74, 6) is 4.54. The predicted octanol–water partition coefficient (Wildman–Crippen LogP) is 9.16. The highest BCUT2D eigenvalue weighted by Crippen LogP contribution is 2.67. The number of allylic oxidation sites excluding steroid dienone is 1. The number of hydrogen-bond acceptors (Lipinski definition) is 4. The second-order valence-electron chi connectivity index (χ2n) is 14.4. The van der Waals surface area contributed by atoms with E-state index in [1.54, 1.807) is 0 Å². The van der Waals surface area contributed by atoms with Gasteiger partial charge < -0.3 is 4.74 Å². The molecule has 0 aliphatic heterocycles. The van der Waals surface area contributed by atoms with Crippen LogP contribution >= 0.6 is 0 Å².